The van der Waals surface area contributed by atoms with E-state index in [-0.39, 0.29) is 17.7 Å². The minimum absolute atomic E-state index is 0.00210. The van der Waals surface area contributed by atoms with Gasteiger partial charge in [-0.1, -0.05) is 42.0 Å². The zero-order chi connectivity index (χ0) is 22.9. The second kappa shape index (κ2) is 8.66. The first-order valence-corrected chi connectivity index (χ1v) is 11.2. The highest BCUT2D eigenvalue weighted by atomic mass is 16.5. The van der Waals surface area contributed by atoms with E-state index in [0.717, 1.165) is 45.3 Å². The summed E-state index contributed by atoms with van der Waals surface area (Å²) in [5.74, 6) is 1.68. The van der Waals surface area contributed by atoms with E-state index in [9.17, 15) is 4.79 Å². The summed E-state index contributed by atoms with van der Waals surface area (Å²) in [5.41, 5.74) is 7.01. The lowest BCUT2D eigenvalue weighted by Crippen LogP contribution is -2.27. The molecule has 3 aromatic carbocycles. The molecule has 33 heavy (non-hydrogen) atoms. The summed E-state index contributed by atoms with van der Waals surface area (Å²) in [7, 11) is 3.32. The Labute approximate surface area is 194 Å². The number of benzene rings is 3. The number of carbonyl (C=O) groups is 1. The Balaban J connectivity index is 1.61. The van der Waals surface area contributed by atoms with Crippen molar-refractivity contribution in [3.05, 3.63) is 94.7 Å². The zero-order valence-electron chi connectivity index (χ0n) is 19.1. The summed E-state index contributed by atoms with van der Waals surface area (Å²) in [5, 5.41) is 7.23. The Morgan fingerprint density at radius 1 is 0.879 bits per heavy atom. The summed E-state index contributed by atoms with van der Waals surface area (Å²) >= 11 is 0. The molecule has 3 aromatic rings. The number of nitrogens with one attached hydrogen (secondary N) is 2. The molecule has 5 nitrogen and oxygen atoms in total. The Hall–Kier alpha value is -3.73. The number of rotatable bonds is 4. The normalized spacial score (nSPS) is 19.5. The molecule has 2 atom stereocenters. The predicted molar refractivity (Wildman–Crippen MR) is 131 cm³/mol. The van der Waals surface area contributed by atoms with Crippen molar-refractivity contribution in [3.8, 4) is 11.5 Å². The van der Waals surface area contributed by atoms with Crippen LogP contribution in [0.4, 0.5) is 11.4 Å². The highest BCUT2D eigenvalue weighted by molar-refractivity contribution is 6.01. The van der Waals surface area contributed by atoms with E-state index in [1.54, 1.807) is 14.2 Å². The van der Waals surface area contributed by atoms with E-state index in [4.69, 9.17) is 9.47 Å². The topological polar surface area (TPSA) is 59.6 Å². The molecule has 0 saturated carbocycles. The van der Waals surface area contributed by atoms with Crippen LogP contribution in [0.3, 0.4) is 0 Å². The van der Waals surface area contributed by atoms with Crippen LogP contribution in [0.5, 0.6) is 11.5 Å². The van der Waals surface area contributed by atoms with E-state index in [1.807, 2.05) is 36.4 Å². The molecule has 0 aromatic heterocycles. The van der Waals surface area contributed by atoms with Gasteiger partial charge in [-0.2, -0.15) is 0 Å². The van der Waals surface area contributed by atoms with Gasteiger partial charge in [-0.05, 0) is 49.2 Å². The van der Waals surface area contributed by atoms with Gasteiger partial charge in [0.05, 0.1) is 31.6 Å². The number of anilines is 2. The van der Waals surface area contributed by atoms with Gasteiger partial charge in [0.15, 0.2) is 5.78 Å². The number of hydrogen-bond donors (Lipinski definition) is 2. The number of ketones is 1. The van der Waals surface area contributed by atoms with E-state index in [0.29, 0.717) is 12.8 Å². The van der Waals surface area contributed by atoms with Gasteiger partial charge >= 0.3 is 0 Å². The fourth-order valence-corrected chi connectivity index (χ4v) is 4.88. The van der Waals surface area contributed by atoms with Gasteiger partial charge in [-0.25, -0.2) is 0 Å². The lowest BCUT2D eigenvalue weighted by molar-refractivity contribution is -0.116. The molecule has 1 aliphatic heterocycles. The fourth-order valence-electron chi connectivity index (χ4n) is 4.88. The van der Waals surface area contributed by atoms with Crippen LogP contribution in [0.15, 0.2) is 78.0 Å². The highest BCUT2D eigenvalue weighted by Crippen LogP contribution is 2.46. The van der Waals surface area contributed by atoms with E-state index in [2.05, 4.69) is 47.9 Å². The summed E-state index contributed by atoms with van der Waals surface area (Å²) in [6.45, 7) is 2.07. The number of hydrogen-bond acceptors (Lipinski definition) is 5. The molecule has 168 valence electrons. The minimum atomic E-state index is -0.211. The molecule has 2 unspecified atom stereocenters. The van der Waals surface area contributed by atoms with Crippen LogP contribution in [-0.2, 0) is 4.79 Å². The Kier molecular flexibility index (Phi) is 5.55. The highest BCUT2D eigenvalue weighted by Gasteiger charge is 2.36. The van der Waals surface area contributed by atoms with Crippen molar-refractivity contribution in [3.63, 3.8) is 0 Å². The third-order valence-electron chi connectivity index (χ3n) is 6.60. The summed E-state index contributed by atoms with van der Waals surface area (Å²) < 4.78 is 11.1. The summed E-state index contributed by atoms with van der Waals surface area (Å²) in [6.07, 6.45) is 1.13. The van der Waals surface area contributed by atoms with Crippen molar-refractivity contribution in [1.29, 1.82) is 0 Å². The van der Waals surface area contributed by atoms with E-state index >= 15 is 0 Å². The third kappa shape index (κ3) is 3.95. The zero-order valence-corrected chi connectivity index (χ0v) is 19.1. The quantitative estimate of drug-likeness (QED) is 0.522. The van der Waals surface area contributed by atoms with Crippen LogP contribution in [0.1, 0.15) is 41.5 Å². The molecule has 0 saturated heterocycles. The number of allylic oxidation sites excluding steroid dienone is 1. The van der Waals surface area contributed by atoms with Gasteiger partial charge in [0, 0.05) is 29.2 Å². The summed E-state index contributed by atoms with van der Waals surface area (Å²) in [4.78, 5) is 13.7. The molecular weight excluding hydrogens is 412 g/mol. The predicted octanol–water partition coefficient (Wildman–Crippen LogP) is 5.99. The minimum Gasteiger partial charge on any atom is -0.497 e. The van der Waals surface area contributed by atoms with E-state index < -0.39 is 0 Å². The molecule has 0 radical (unpaired) electrons. The van der Waals surface area contributed by atoms with E-state index in [1.165, 1.54) is 5.56 Å². The number of para-hydroxylation sites is 2. The van der Waals surface area contributed by atoms with Gasteiger partial charge < -0.3 is 20.1 Å². The molecule has 0 amide bonds. The number of methoxy groups -OCH3 is 2. The maximum atomic E-state index is 13.7. The van der Waals surface area contributed by atoms with Crippen molar-refractivity contribution >= 4 is 17.2 Å². The van der Waals surface area contributed by atoms with Crippen molar-refractivity contribution < 1.29 is 14.3 Å². The van der Waals surface area contributed by atoms with Gasteiger partial charge in [0.25, 0.3) is 0 Å². The smallest absolute Gasteiger partial charge is 0.163 e. The molecule has 1 heterocycles. The fraction of sp³-hybridized carbons (Fsp3) is 0.250. The first-order chi connectivity index (χ1) is 16.1. The molecular formula is C28H28N2O3. The maximum Gasteiger partial charge on any atom is 0.163 e. The maximum absolute atomic E-state index is 13.7. The van der Waals surface area contributed by atoms with Crippen molar-refractivity contribution in [2.24, 2.45) is 0 Å². The van der Waals surface area contributed by atoms with Crippen molar-refractivity contribution in [2.75, 3.05) is 24.9 Å². The molecule has 0 spiro atoms. The van der Waals surface area contributed by atoms with Crippen LogP contribution >= 0.6 is 0 Å². The van der Waals surface area contributed by atoms with Crippen LogP contribution < -0.4 is 20.1 Å². The van der Waals surface area contributed by atoms with Crippen molar-refractivity contribution in [2.45, 2.75) is 31.7 Å². The van der Waals surface area contributed by atoms with Crippen LogP contribution in [-0.4, -0.2) is 20.0 Å². The van der Waals surface area contributed by atoms with Crippen LogP contribution in [0.2, 0.25) is 0 Å². The van der Waals surface area contributed by atoms with Crippen molar-refractivity contribution in [1.82, 2.24) is 0 Å². The van der Waals surface area contributed by atoms with Gasteiger partial charge in [0.2, 0.25) is 0 Å². The molecule has 2 aliphatic rings. The molecule has 1 aliphatic carbocycles. The van der Waals surface area contributed by atoms with Gasteiger partial charge in [-0.15, -0.1) is 0 Å². The molecule has 0 bridgehead atoms. The number of Topliss-reactive ketones (excluding diaryl/α,β-unsaturated/α-hetero) is 1. The Morgan fingerprint density at radius 2 is 1.64 bits per heavy atom. The lowest BCUT2D eigenvalue weighted by atomic mass is 9.78. The first kappa shape index (κ1) is 21.1. The van der Waals surface area contributed by atoms with Crippen LogP contribution in [0.25, 0.3) is 0 Å². The average molecular weight is 441 g/mol. The number of aryl methyl sites for hydroxylation is 1. The molecule has 5 rings (SSSR count). The second-order valence-corrected chi connectivity index (χ2v) is 8.69. The largest absolute Gasteiger partial charge is 0.497 e. The number of fused-ring (bicyclic) bond motifs is 1. The average Bonchev–Trinajstić information content (AvgIpc) is 3.01. The summed E-state index contributed by atoms with van der Waals surface area (Å²) in [6, 6.07) is 22.1. The monoisotopic (exact) mass is 440 g/mol. The first-order valence-electron chi connectivity index (χ1n) is 11.2. The standard InChI is InChI=1S/C28H28N2O3/c1-17-8-10-18(11-9-17)28-27-24(29-22-6-4-5-7-23(22)30-28)14-19(15-25(27)31)21-16-20(32-2)12-13-26(21)33-3/h4-13,16,19,28-30H,14-15H2,1-3H3. The Morgan fingerprint density at radius 3 is 2.36 bits per heavy atom. The second-order valence-electron chi connectivity index (χ2n) is 8.69. The third-order valence-corrected chi connectivity index (χ3v) is 6.60. The van der Waals surface area contributed by atoms with Crippen LogP contribution in [0, 0.1) is 6.92 Å². The molecule has 0 fully saturated rings. The van der Waals surface area contributed by atoms with Gasteiger partial charge in [-0.3, -0.25) is 4.79 Å². The number of ether oxygens (including phenoxy) is 2. The SMILES string of the molecule is COc1ccc(OC)c(C2CC(=O)C3=C(C2)Nc2ccccc2NC3c2ccc(C)cc2)c1. The Bertz CT molecular complexity index is 1230. The molecule has 5 heteroatoms. The molecule has 2 N–H and O–H groups in total. The lowest BCUT2D eigenvalue weighted by Gasteiger charge is -2.30. The van der Waals surface area contributed by atoms with Gasteiger partial charge in [0.1, 0.15) is 11.5 Å². The number of carbonyl (C=O) groups excluding carboxylic acids is 1.